The Hall–Kier alpha value is -1.42. The van der Waals surface area contributed by atoms with Gasteiger partial charge in [-0.3, -0.25) is 0 Å². The fraction of sp³-hybridized carbons (Fsp3) is 0.500. The minimum absolute atomic E-state index is 0. The van der Waals surface area contributed by atoms with Crippen molar-refractivity contribution in [2.45, 2.75) is 39.8 Å². The van der Waals surface area contributed by atoms with Gasteiger partial charge in [-0.1, -0.05) is 0 Å². The maximum atomic E-state index is 5.69. The molecule has 1 aliphatic heterocycles. The second-order valence-electron chi connectivity index (χ2n) is 4.09. The first kappa shape index (κ1) is 11.1. The molecule has 4 nitrogen and oxygen atoms in total. The second-order valence-corrected chi connectivity index (χ2v) is 4.09. The summed E-state index contributed by atoms with van der Waals surface area (Å²) in [5.74, 6) is 1.57. The summed E-state index contributed by atoms with van der Waals surface area (Å²) >= 11 is 0. The molecular weight excluding hydrogens is 202 g/mol. The predicted molar refractivity (Wildman–Crippen MR) is 64.2 cm³/mol. The van der Waals surface area contributed by atoms with Crippen molar-refractivity contribution in [2.24, 2.45) is 0 Å². The van der Waals surface area contributed by atoms with Crippen LogP contribution in [0.2, 0.25) is 0 Å². The van der Waals surface area contributed by atoms with Crippen molar-refractivity contribution >= 4 is 0 Å². The van der Waals surface area contributed by atoms with Crippen LogP contribution in [-0.4, -0.2) is 16.0 Å². The molecule has 16 heavy (non-hydrogen) atoms. The highest BCUT2D eigenvalue weighted by atomic mass is 16.5. The van der Waals surface area contributed by atoms with E-state index < -0.39 is 0 Å². The van der Waals surface area contributed by atoms with Gasteiger partial charge in [0.2, 0.25) is 5.88 Å². The smallest absolute Gasteiger partial charge is 0.225 e. The van der Waals surface area contributed by atoms with Crippen LogP contribution in [-0.2, 0) is 13.0 Å². The van der Waals surface area contributed by atoms with E-state index in [4.69, 9.17) is 4.74 Å². The number of nitrogens with one attached hydrogen (secondary N) is 1. The summed E-state index contributed by atoms with van der Waals surface area (Å²) in [6.45, 7) is 6.83. The van der Waals surface area contributed by atoms with Crippen LogP contribution in [0.4, 0.5) is 0 Å². The summed E-state index contributed by atoms with van der Waals surface area (Å²) in [7, 11) is 0. The van der Waals surface area contributed by atoms with Crippen LogP contribution < -0.4 is 10.1 Å². The quantitative estimate of drug-likeness (QED) is 0.776. The molecule has 0 amide bonds. The molecule has 0 fully saturated rings. The van der Waals surface area contributed by atoms with E-state index in [0.29, 0.717) is 11.9 Å². The largest absolute Gasteiger partial charge is 0.444 e. The van der Waals surface area contributed by atoms with Gasteiger partial charge in [0, 0.05) is 19.6 Å². The van der Waals surface area contributed by atoms with Gasteiger partial charge in [0.05, 0.1) is 11.5 Å². The summed E-state index contributed by atoms with van der Waals surface area (Å²) < 4.78 is 5.69. The van der Waals surface area contributed by atoms with Gasteiger partial charge in [0.15, 0.2) is 0 Å². The summed E-state index contributed by atoms with van der Waals surface area (Å²) in [6, 6.07) is 0.451. The molecule has 0 spiro atoms. The van der Waals surface area contributed by atoms with Crippen molar-refractivity contribution in [1.29, 1.82) is 0 Å². The molecular formula is C12H19N3O. The molecule has 0 aromatic carbocycles. The van der Waals surface area contributed by atoms with Gasteiger partial charge in [-0.05, 0) is 33.3 Å². The van der Waals surface area contributed by atoms with Crippen LogP contribution in [0.25, 0.3) is 0 Å². The third kappa shape index (κ3) is 2.22. The van der Waals surface area contributed by atoms with Gasteiger partial charge in [-0.25, -0.2) is 9.97 Å². The summed E-state index contributed by atoms with van der Waals surface area (Å²) in [4.78, 5) is 8.49. The standard InChI is InChI=1S/C12H17N3O.H2/c1-4-9(3)16-12-10-5-8(2)13-6-11(10)14-7-15-12;/h4,7-8,13H,5-6H2,1-3H3;1H/b9-4+;/t8-;/m0./s1. The first-order valence-corrected chi connectivity index (χ1v) is 5.57. The molecule has 4 heteroatoms. The molecule has 1 atom stereocenters. The first-order chi connectivity index (χ1) is 7.70. The average molecular weight is 221 g/mol. The highest BCUT2D eigenvalue weighted by molar-refractivity contribution is 5.33. The van der Waals surface area contributed by atoms with E-state index in [9.17, 15) is 0 Å². The Labute approximate surface area is 97.2 Å². The van der Waals surface area contributed by atoms with Crippen molar-refractivity contribution in [2.75, 3.05) is 0 Å². The van der Waals surface area contributed by atoms with Gasteiger partial charge in [-0.15, -0.1) is 0 Å². The Kier molecular flexibility index (Phi) is 3.19. The van der Waals surface area contributed by atoms with Gasteiger partial charge >= 0.3 is 0 Å². The molecule has 0 bridgehead atoms. The van der Waals surface area contributed by atoms with Crippen molar-refractivity contribution in [3.8, 4) is 5.88 Å². The zero-order valence-corrected chi connectivity index (χ0v) is 9.95. The maximum Gasteiger partial charge on any atom is 0.225 e. The van der Waals surface area contributed by atoms with Crippen LogP contribution in [0.15, 0.2) is 18.2 Å². The number of allylic oxidation sites excluding steroid dienone is 2. The molecule has 1 aliphatic rings. The maximum absolute atomic E-state index is 5.69. The highest BCUT2D eigenvalue weighted by Gasteiger charge is 2.20. The van der Waals surface area contributed by atoms with Crippen LogP contribution in [0.1, 0.15) is 33.5 Å². The van der Waals surface area contributed by atoms with E-state index in [1.54, 1.807) is 6.33 Å². The Bertz CT molecular complexity index is 420. The van der Waals surface area contributed by atoms with Crippen LogP contribution in [0.5, 0.6) is 5.88 Å². The number of fused-ring (bicyclic) bond motifs is 1. The monoisotopic (exact) mass is 221 g/mol. The Balaban J connectivity index is 0.00000144. The minimum Gasteiger partial charge on any atom is -0.444 e. The lowest BCUT2D eigenvalue weighted by atomic mass is 10.0. The number of hydrogen-bond donors (Lipinski definition) is 1. The lowest BCUT2D eigenvalue weighted by molar-refractivity contribution is 0.390. The third-order valence-electron chi connectivity index (χ3n) is 2.79. The van der Waals surface area contributed by atoms with Crippen molar-refractivity contribution in [3.05, 3.63) is 29.4 Å². The van der Waals surface area contributed by atoms with E-state index in [0.717, 1.165) is 30.0 Å². The number of nitrogens with zero attached hydrogens (tertiary/aromatic N) is 2. The second kappa shape index (κ2) is 4.61. The minimum atomic E-state index is 0. The molecule has 0 saturated carbocycles. The normalized spacial score (nSPS) is 20.4. The van der Waals surface area contributed by atoms with Crippen LogP contribution in [0.3, 0.4) is 0 Å². The Morgan fingerprint density at radius 3 is 3.19 bits per heavy atom. The molecule has 88 valence electrons. The van der Waals surface area contributed by atoms with E-state index in [2.05, 4.69) is 22.2 Å². The van der Waals surface area contributed by atoms with E-state index in [-0.39, 0.29) is 1.43 Å². The van der Waals surface area contributed by atoms with E-state index in [1.807, 2.05) is 19.9 Å². The summed E-state index contributed by atoms with van der Waals surface area (Å²) in [5.41, 5.74) is 2.18. The van der Waals surface area contributed by atoms with Crippen molar-refractivity contribution in [3.63, 3.8) is 0 Å². The van der Waals surface area contributed by atoms with Gasteiger partial charge in [-0.2, -0.15) is 0 Å². The van der Waals surface area contributed by atoms with Crippen LogP contribution in [0, 0.1) is 0 Å². The lowest BCUT2D eigenvalue weighted by Crippen LogP contribution is -2.33. The summed E-state index contributed by atoms with van der Waals surface area (Å²) in [6.07, 6.45) is 4.41. The van der Waals surface area contributed by atoms with Crippen LogP contribution >= 0.6 is 0 Å². The van der Waals surface area contributed by atoms with Gasteiger partial charge < -0.3 is 10.1 Å². The Morgan fingerprint density at radius 1 is 1.62 bits per heavy atom. The molecule has 0 aliphatic carbocycles. The molecule has 0 radical (unpaired) electrons. The summed E-state index contributed by atoms with van der Waals surface area (Å²) in [5, 5.41) is 3.37. The third-order valence-corrected chi connectivity index (χ3v) is 2.79. The fourth-order valence-corrected chi connectivity index (χ4v) is 1.74. The van der Waals surface area contributed by atoms with Gasteiger partial charge in [0.1, 0.15) is 6.33 Å². The molecule has 2 rings (SSSR count). The molecule has 1 N–H and O–H groups in total. The SMILES string of the molecule is C/C=C(\C)Oc1ncnc2c1C[C@H](C)NC2.[HH]. The number of ether oxygens (including phenoxy) is 1. The Morgan fingerprint density at radius 2 is 2.44 bits per heavy atom. The molecule has 2 heterocycles. The molecule has 0 unspecified atom stereocenters. The van der Waals surface area contributed by atoms with Gasteiger partial charge in [0.25, 0.3) is 0 Å². The zero-order chi connectivity index (χ0) is 11.5. The first-order valence-electron chi connectivity index (χ1n) is 5.57. The number of aromatic nitrogens is 2. The fourth-order valence-electron chi connectivity index (χ4n) is 1.74. The molecule has 1 aromatic heterocycles. The number of hydrogen-bond acceptors (Lipinski definition) is 4. The topological polar surface area (TPSA) is 47.0 Å². The molecule has 1 aromatic rings. The van der Waals surface area contributed by atoms with E-state index >= 15 is 0 Å². The average Bonchev–Trinajstić information content (AvgIpc) is 2.29. The predicted octanol–water partition coefficient (Wildman–Crippen LogP) is 2.06. The van der Waals surface area contributed by atoms with Crippen molar-refractivity contribution in [1.82, 2.24) is 15.3 Å². The van der Waals surface area contributed by atoms with E-state index in [1.165, 1.54) is 0 Å². The highest BCUT2D eigenvalue weighted by Crippen LogP contribution is 2.24. The number of rotatable bonds is 2. The zero-order valence-electron chi connectivity index (χ0n) is 9.95. The lowest BCUT2D eigenvalue weighted by Gasteiger charge is -2.23. The molecule has 0 saturated heterocycles. The van der Waals surface area contributed by atoms with Crippen molar-refractivity contribution < 1.29 is 6.16 Å².